The van der Waals surface area contributed by atoms with Crippen LogP contribution in [-0.4, -0.2) is 31.4 Å². The maximum Gasteiger partial charge on any atom is 0.241 e. The van der Waals surface area contributed by atoms with Crippen molar-refractivity contribution in [2.24, 2.45) is 5.14 Å². The molecule has 0 saturated carbocycles. The zero-order valence-corrected chi connectivity index (χ0v) is 12.0. The van der Waals surface area contributed by atoms with Gasteiger partial charge >= 0.3 is 0 Å². The van der Waals surface area contributed by atoms with Gasteiger partial charge in [-0.05, 0) is 19.8 Å². The predicted octanol–water partition coefficient (Wildman–Crippen LogP) is 0.692. The van der Waals surface area contributed by atoms with Gasteiger partial charge in [-0.25, -0.2) is 13.6 Å². The number of hydrogen-bond acceptors (Lipinski definition) is 4. The lowest BCUT2D eigenvalue weighted by atomic mass is 10.2. The number of aryl methyl sites for hydroxylation is 1. The van der Waals surface area contributed by atoms with E-state index >= 15 is 0 Å². The van der Waals surface area contributed by atoms with Crippen LogP contribution in [0.4, 0.5) is 0 Å². The quantitative estimate of drug-likeness (QED) is 0.742. The molecule has 0 atom stereocenters. The average molecular weight is 275 g/mol. The molecule has 0 aliphatic heterocycles. The average Bonchev–Trinajstić information content (AvgIpc) is 2.67. The first-order chi connectivity index (χ1) is 8.45. The van der Waals surface area contributed by atoms with Crippen LogP contribution >= 0.6 is 0 Å². The third-order valence-corrected chi connectivity index (χ3v) is 3.72. The molecule has 0 aliphatic rings. The van der Waals surface area contributed by atoms with E-state index < -0.39 is 10.0 Å². The third kappa shape index (κ3) is 3.30. The highest BCUT2D eigenvalue weighted by molar-refractivity contribution is 7.89. The standard InChI is InChI=1S/C11H21N3O3S/c1-4-9-11(18(12,15)16)10(5-2)14(13-9)7-8-17-6-3/h4-8H2,1-3H3,(H2,12,15,16). The maximum absolute atomic E-state index is 11.6. The van der Waals surface area contributed by atoms with Gasteiger partial charge in [0.25, 0.3) is 0 Å². The van der Waals surface area contributed by atoms with Crippen LogP contribution in [0.15, 0.2) is 4.90 Å². The van der Waals surface area contributed by atoms with Crippen LogP contribution in [0, 0.1) is 0 Å². The molecule has 1 aromatic rings. The highest BCUT2D eigenvalue weighted by Crippen LogP contribution is 2.20. The van der Waals surface area contributed by atoms with E-state index in [4.69, 9.17) is 9.88 Å². The number of nitrogens with two attached hydrogens (primary N) is 1. The van der Waals surface area contributed by atoms with Crippen molar-refractivity contribution in [2.45, 2.75) is 45.1 Å². The first-order valence-electron chi connectivity index (χ1n) is 6.14. The second-order valence-electron chi connectivity index (χ2n) is 3.89. The molecule has 0 radical (unpaired) electrons. The maximum atomic E-state index is 11.6. The minimum Gasteiger partial charge on any atom is -0.380 e. The lowest BCUT2D eigenvalue weighted by Crippen LogP contribution is -2.16. The Balaban J connectivity index is 3.17. The molecule has 1 aromatic heterocycles. The first-order valence-corrected chi connectivity index (χ1v) is 7.69. The molecule has 0 saturated heterocycles. The summed E-state index contributed by atoms with van der Waals surface area (Å²) >= 11 is 0. The van der Waals surface area contributed by atoms with Crippen LogP contribution in [-0.2, 0) is 34.1 Å². The van der Waals surface area contributed by atoms with E-state index in [2.05, 4.69) is 5.10 Å². The molecule has 7 heteroatoms. The highest BCUT2D eigenvalue weighted by Gasteiger charge is 2.23. The Kier molecular flexibility index (Phi) is 5.30. The van der Waals surface area contributed by atoms with Crippen molar-refractivity contribution in [1.82, 2.24) is 9.78 Å². The number of sulfonamides is 1. The fourth-order valence-electron chi connectivity index (χ4n) is 1.92. The van der Waals surface area contributed by atoms with E-state index in [0.717, 1.165) is 0 Å². The zero-order valence-electron chi connectivity index (χ0n) is 11.1. The summed E-state index contributed by atoms with van der Waals surface area (Å²) in [6.45, 7) is 7.35. The minimum absolute atomic E-state index is 0.184. The van der Waals surface area contributed by atoms with E-state index in [1.807, 2.05) is 20.8 Å². The Hall–Kier alpha value is -0.920. The summed E-state index contributed by atoms with van der Waals surface area (Å²) in [7, 11) is -3.72. The monoisotopic (exact) mass is 275 g/mol. The third-order valence-electron chi connectivity index (χ3n) is 2.68. The number of ether oxygens (including phenoxy) is 1. The molecule has 1 rings (SSSR count). The van der Waals surface area contributed by atoms with Crippen molar-refractivity contribution in [3.05, 3.63) is 11.4 Å². The molecule has 104 valence electrons. The number of rotatable bonds is 7. The summed E-state index contributed by atoms with van der Waals surface area (Å²) in [6, 6.07) is 0. The number of primary sulfonamides is 1. The molecule has 0 unspecified atom stereocenters. The zero-order chi connectivity index (χ0) is 13.8. The summed E-state index contributed by atoms with van der Waals surface area (Å²) in [5.74, 6) is 0. The number of aromatic nitrogens is 2. The molecule has 1 heterocycles. The topological polar surface area (TPSA) is 87.2 Å². The molecule has 0 aliphatic carbocycles. The van der Waals surface area contributed by atoms with Crippen LogP contribution in [0.5, 0.6) is 0 Å². The Bertz CT molecular complexity index is 494. The van der Waals surface area contributed by atoms with Crippen LogP contribution < -0.4 is 5.14 Å². The number of hydrogen-bond donors (Lipinski definition) is 1. The number of nitrogens with zero attached hydrogens (tertiary/aromatic N) is 2. The molecular weight excluding hydrogens is 254 g/mol. The Morgan fingerprint density at radius 2 is 1.94 bits per heavy atom. The van der Waals surface area contributed by atoms with Crippen molar-refractivity contribution < 1.29 is 13.2 Å². The van der Waals surface area contributed by atoms with Crippen molar-refractivity contribution in [2.75, 3.05) is 13.2 Å². The van der Waals surface area contributed by atoms with Gasteiger partial charge in [0, 0.05) is 6.61 Å². The lowest BCUT2D eigenvalue weighted by molar-refractivity contribution is 0.135. The fraction of sp³-hybridized carbons (Fsp3) is 0.727. The molecule has 18 heavy (non-hydrogen) atoms. The van der Waals surface area contributed by atoms with E-state index in [1.165, 1.54) is 0 Å². The van der Waals surface area contributed by atoms with Crippen LogP contribution in [0.2, 0.25) is 0 Å². The van der Waals surface area contributed by atoms with Gasteiger partial charge < -0.3 is 4.74 Å². The lowest BCUT2D eigenvalue weighted by Gasteiger charge is -2.06. The van der Waals surface area contributed by atoms with Crippen molar-refractivity contribution >= 4 is 10.0 Å². The van der Waals surface area contributed by atoms with Crippen molar-refractivity contribution in [3.8, 4) is 0 Å². The minimum atomic E-state index is -3.72. The molecule has 0 spiro atoms. The van der Waals surface area contributed by atoms with Crippen molar-refractivity contribution in [3.63, 3.8) is 0 Å². The summed E-state index contributed by atoms with van der Waals surface area (Å²) in [6.07, 6.45) is 1.12. The van der Waals surface area contributed by atoms with Gasteiger partial charge in [-0.2, -0.15) is 5.10 Å². The second kappa shape index (κ2) is 6.31. The second-order valence-corrected chi connectivity index (χ2v) is 5.39. The van der Waals surface area contributed by atoms with Gasteiger partial charge in [-0.1, -0.05) is 13.8 Å². The van der Waals surface area contributed by atoms with Gasteiger partial charge in [0.05, 0.1) is 24.5 Å². The Morgan fingerprint density at radius 1 is 1.28 bits per heavy atom. The van der Waals surface area contributed by atoms with E-state index in [-0.39, 0.29) is 4.90 Å². The smallest absolute Gasteiger partial charge is 0.241 e. The van der Waals surface area contributed by atoms with E-state index in [1.54, 1.807) is 4.68 Å². The highest BCUT2D eigenvalue weighted by atomic mass is 32.2. The molecule has 0 aromatic carbocycles. The van der Waals surface area contributed by atoms with Crippen LogP contribution in [0.1, 0.15) is 32.2 Å². The normalized spacial score (nSPS) is 12.0. The molecule has 0 bridgehead atoms. The van der Waals surface area contributed by atoms with Crippen LogP contribution in [0.25, 0.3) is 0 Å². The SMILES string of the molecule is CCOCCn1nc(CC)c(S(N)(=O)=O)c1CC. The van der Waals surface area contributed by atoms with Gasteiger partial charge in [-0.3, -0.25) is 4.68 Å². The summed E-state index contributed by atoms with van der Waals surface area (Å²) in [5, 5.41) is 9.58. The van der Waals surface area contributed by atoms with Crippen LogP contribution in [0.3, 0.4) is 0 Å². The molecule has 6 nitrogen and oxygen atoms in total. The summed E-state index contributed by atoms with van der Waals surface area (Å²) < 4.78 is 30.2. The summed E-state index contributed by atoms with van der Waals surface area (Å²) in [4.78, 5) is 0.184. The Labute approximate surface area is 108 Å². The first kappa shape index (κ1) is 15.1. The fourth-order valence-corrected chi connectivity index (χ4v) is 3.01. The van der Waals surface area contributed by atoms with Crippen molar-refractivity contribution in [1.29, 1.82) is 0 Å². The van der Waals surface area contributed by atoms with E-state index in [9.17, 15) is 8.42 Å². The predicted molar refractivity (Wildman–Crippen MR) is 68.8 cm³/mol. The van der Waals surface area contributed by atoms with E-state index in [0.29, 0.717) is 44.0 Å². The van der Waals surface area contributed by atoms with Gasteiger partial charge in [-0.15, -0.1) is 0 Å². The molecule has 0 fully saturated rings. The summed E-state index contributed by atoms with van der Waals surface area (Å²) in [5.41, 5.74) is 1.19. The molecule has 2 N–H and O–H groups in total. The van der Waals surface area contributed by atoms with Gasteiger partial charge in [0.2, 0.25) is 10.0 Å². The largest absolute Gasteiger partial charge is 0.380 e. The Morgan fingerprint density at radius 3 is 2.39 bits per heavy atom. The van der Waals surface area contributed by atoms with Gasteiger partial charge in [0.1, 0.15) is 4.90 Å². The molecule has 0 amide bonds. The molecular formula is C11H21N3O3S. The van der Waals surface area contributed by atoms with Gasteiger partial charge in [0.15, 0.2) is 0 Å².